The first-order valence-corrected chi connectivity index (χ1v) is 15.8. The number of allylic oxidation sites excluding steroid dienone is 4. The molecule has 1 saturated heterocycles. The number of aliphatic imine (C=N–C) groups is 1. The molecule has 5 rings (SSSR count). The zero-order valence-electron chi connectivity index (χ0n) is 26.7. The number of amides is 1. The normalized spacial score (nSPS) is 25.7. The molecule has 5 aliphatic rings. The van der Waals surface area contributed by atoms with E-state index in [0.29, 0.717) is 48.0 Å². The van der Waals surface area contributed by atoms with Gasteiger partial charge in [-0.1, -0.05) is 37.5 Å². The number of carbonyl (C=O) groups is 3. The molecule has 2 N–H and O–H groups in total. The van der Waals surface area contributed by atoms with Gasteiger partial charge in [-0.3, -0.25) is 0 Å². The molecule has 6 unspecified atom stereocenters. The van der Waals surface area contributed by atoms with Crippen molar-refractivity contribution in [3.05, 3.63) is 48.6 Å². The van der Waals surface area contributed by atoms with E-state index in [1.54, 1.807) is 13.8 Å². The van der Waals surface area contributed by atoms with Crippen LogP contribution >= 0.6 is 0 Å². The number of alkyl carbamates (subject to hydrolysis) is 1. The van der Waals surface area contributed by atoms with Crippen molar-refractivity contribution in [3.8, 4) is 0 Å². The molecule has 1 amide bonds. The SMILES string of the molecule is C1CCOC1.C=C(C)C(=O)OCCN=C=O.C=C(C)C(=O)OCCNC(=O)OCC1CC2C=CC1C2.OCC1CC2C=CC1C2. The molecule has 3 fully saturated rings. The van der Waals surface area contributed by atoms with Crippen molar-refractivity contribution in [1.82, 2.24) is 5.32 Å². The highest BCUT2D eigenvalue weighted by atomic mass is 16.6. The molecular weight excluding hydrogens is 580 g/mol. The van der Waals surface area contributed by atoms with Crippen LogP contribution in [0.1, 0.15) is 52.4 Å². The van der Waals surface area contributed by atoms with Crippen molar-refractivity contribution in [1.29, 1.82) is 0 Å². The van der Waals surface area contributed by atoms with E-state index in [1.807, 2.05) is 0 Å². The Morgan fingerprint density at radius 3 is 1.82 bits per heavy atom. The number of aliphatic hydroxyl groups is 1. The Hall–Kier alpha value is -3.53. The number of esters is 2. The summed E-state index contributed by atoms with van der Waals surface area (Å²) in [5.41, 5.74) is 0.678. The van der Waals surface area contributed by atoms with Gasteiger partial charge in [0.1, 0.15) is 13.2 Å². The average Bonchev–Trinajstić information content (AvgIpc) is 3.89. The molecule has 1 heterocycles. The van der Waals surface area contributed by atoms with Crippen LogP contribution in [0.4, 0.5) is 4.79 Å². The molecule has 11 nitrogen and oxygen atoms in total. The lowest BCUT2D eigenvalue weighted by molar-refractivity contribution is -0.139. The predicted octanol–water partition coefficient (Wildman–Crippen LogP) is 4.47. The molecular formula is C34H50N2O9. The van der Waals surface area contributed by atoms with Crippen molar-refractivity contribution in [3.63, 3.8) is 0 Å². The van der Waals surface area contributed by atoms with E-state index in [0.717, 1.165) is 31.5 Å². The van der Waals surface area contributed by atoms with E-state index < -0.39 is 18.0 Å². The van der Waals surface area contributed by atoms with Crippen molar-refractivity contribution >= 4 is 24.1 Å². The second-order valence-corrected chi connectivity index (χ2v) is 11.9. The average molecular weight is 631 g/mol. The van der Waals surface area contributed by atoms with Gasteiger partial charge in [0.15, 0.2) is 0 Å². The van der Waals surface area contributed by atoms with Gasteiger partial charge in [0.05, 0.1) is 19.7 Å². The second kappa shape index (κ2) is 21.2. The molecule has 0 aromatic carbocycles. The number of rotatable bonds is 11. The Labute approximate surface area is 266 Å². The van der Waals surface area contributed by atoms with E-state index >= 15 is 0 Å². The van der Waals surface area contributed by atoms with Crippen LogP contribution in [0.15, 0.2) is 53.6 Å². The first-order chi connectivity index (χ1) is 21.6. The molecule has 6 atom stereocenters. The standard InChI is InChI=1S/C15H21NO4.C8H12O.C7H9NO3.C4H8O/c1-10(2)14(17)19-6-5-16-15(18)20-9-13-8-11-3-4-12(13)7-11;9-5-8-4-6-1-2-7(8)3-6;1-6(2)7(10)11-4-3-8-5-9;1-2-4-5-3-1/h3-4,11-13H,1,5-9H2,2H3,(H,16,18);1-2,6-9H,3-5H2;1,3-4H2,2H3;1-4H2. The zero-order chi connectivity index (χ0) is 33.0. The number of fused-ring (bicyclic) bond motifs is 4. The van der Waals surface area contributed by atoms with Gasteiger partial charge in [0.25, 0.3) is 0 Å². The maximum Gasteiger partial charge on any atom is 0.407 e. The summed E-state index contributed by atoms with van der Waals surface area (Å²) in [6, 6.07) is 0. The molecule has 0 aromatic heterocycles. The predicted molar refractivity (Wildman–Crippen MR) is 169 cm³/mol. The van der Waals surface area contributed by atoms with Gasteiger partial charge in [0, 0.05) is 36.9 Å². The number of hydrogen-bond acceptors (Lipinski definition) is 10. The second-order valence-electron chi connectivity index (χ2n) is 11.9. The van der Waals surface area contributed by atoms with Crippen LogP contribution in [0.5, 0.6) is 0 Å². The third-order valence-electron chi connectivity index (χ3n) is 8.13. The number of nitrogens with zero attached hydrogens (tertiary/aromatic N) is 1. The van der Waals surface area contributed by atoms with Gasteiger partial charge in [-0.05, 0) is 82.0 Å². The summed E-state index contributed by atoms with van der Waals surface area (Å²) in [4.78, 5) is 45.9. The number of isocyanates is 1. The summed E-state index contributed by atoms with van der Waals surface area (Å²) in [5, 5.41) is 11.4. The van der Waals surface area contributed by atoms with Crippen molar-refractivity contribution in [2.45, 2.75) is 52.4 Å². The fourth-order valence-corrected chi connectivity index (χ4v) is 5.71. The van der Waals surface area contributed by atoms with Crippen LogP contribution in [0, 0.1) is 35.5 Å². The lowest BCUT2D eigenvalue weighted by Crippen LogP contribution is -2.30. The lowest BCUT2D eigenvalue weighted by atomic mass is 9.95. The maximum atomic E-state index is 11.5. The van der Waals surface area contributed by atoms with Gasteiger partial charge in [0.2, 0.25) is 6.08 Å². The minimum atomic E-state index is -0.467. The third kappa shape index (κ3) is 14.9. The van der Waals surface area contributed by atoms with E-state index in [1.165, 1.54) is 38.2 Å². The zero-order valence-corrected chi connectivity index (χ0v) is 26.7. The van der Waals surface area contributed by atoms with Crippen LogP contribution in [-0.4, -0.2) is 81.9 Å². The summed E-state index contributed by atoms with van der Waals surface area (Å²) >= 11 is 0. The van der Waals surface area contributed by atoms with Crippen LogP contribution in [-0.2, 0) is 33.3 Å². The lowest BCUT2D eigenvalue weighted by Gasteiger charge is -2.17. The molecule has 1 aliphatic heterocycles. The first-order valence-electron chi connectivity index (χ1n) is 15.8. The Morgan fingerprint density at radius 1 is 0.867 bits per heavy atom. The minimum Gasteiger partial charge on any atom is -0.460 e. The number of hydrogen-bond donors (Lipinski definition) is 2. The van der Waals surface area contributed by atoms with Gasteiger partial charge in [-0.25, -0.2) is 24.2 Å². The van der Waals surface area contributed by atoms with Gasteiger partial charge >= 0.3 is 18.0 Å². The highest BCUT2D eigenvalue weighted by molar-refractivity contribution is 5.87. The summed E-state index contributed by atoms with van der Waals surface area (Å²) in [6.45, 7) is 13.4. The number of carbonyl (C=O) groups excluding carboxylic acids is 4. The Bertz CT molecular complexity index is 1080. The van der Waals surface area contributed by atoms with Crippen LogP contribution < -0.4 is 5.32 Å². The number of aliphatic hydroxyl groups excluding tert-OH is 1. The Morgan fingerprint density at radius 2 is 1.42 bits per heavy atom. The van der Waals surface area contributed by atoms with E-state index in [2.05, 4.69) is 52.5 Å². The Kier molecular flexibility index (Phi) is 17.8. The van der Waals surface area contributed by atoms with E-state index in [9.17, 15) is 19.2 Å². The highest BCUT2D eigenvalue weighted by Gasteiger charge is 2.36. The van der Waals surface area contributed by atoms with Crippen LogP contribution in [0.2, 0.25) is 0 Å². The van der Waals surface area contributed by atoms with Gasteiger partial charge in [-0.15, -0.1) is 0 Å². The molecule has 4 bridgehead atoms. The van der Waals surface area contributed by atoms with Crippen molar-refractivity contribution < 1.29 is 43.2 Å². The fraction of sp³-hybridized carbons (Fsp3) is 0.647. The monoisotopic (exact) mass is 630 g/mol. The van der Waals surface area contributed by atoms with Crippen molar-refractivity contribution in [2.24, 2.45) is 40.5 Å². The molecule has 11 heteroatoms. The van der Waals surface area contributed by atoms with E-state index in [-0.39, 0.29) is 26.3 Å². The molecule has 0 radical (unpaired) electrons. The van der Waals surface area contributed by atoms with Crippen molar-refractivity contribution in [2.75, 3.05) is 52.7 Å². The van der Waals surface area contributed by atoms with E-state index in [4.69, 9.17) is 19.3 Å². The first kappa shape index (κ1) is 37.7. The van der Waals surface area contributed by atoms with Crippen LogP contribution in [0.3, 0.4) is 0 Å². The Balaban J connectivity index is 0.000000236. The largest absolute Gasteiger partial charge is 0.460 e. The van der Waals surface area contributed by atoms with Crippen LogP contribution in [0.25, 0.3) is 0 Å². The quantitative estimate of drug-likeness (QED) is 0.0641. The summed E-state index contributed by atoms with van der Waals surface area (Å²) in [7, 11) is 0. The maximum absolute atomic E-state index is 11.5. The molecule has 2 saturated carbocycles. The van der Waals surface area contributed by atoms with Gasteiger partial charge < -0.3 is 29.4 Å². The minimum absolute atomic E-state index is 0.0981. The highest BCUT2D eigenvalue weighted by Crippen LogP contribution is 2.43. The topological polar surface area (TPSA) is 150 Å². The summed E-state index contributed by atoms with van der Waals surface area (Å²) in [5.74, 6) is 2.92. The molecule has 0 aromatic rings. The smallest absolute Gasteiger partial charge is 0.407 e. The summed E-state index contributed by atoms with van der Waals surface area (Å²) in [6.07, 6.45) is 17.4. The molecule has 250 valence electrons. The molecule has 4 aliphatic carbocycles. The molecule has 0 spiro atoms. The molecule has 45 heavy (non-hydrogen) atoms. The number of ether oxygens (including phenoxy) is 4. The summed E-state index contributed by atoms with van der Waals surface area (Å²) < 4.78 is 19.6. The fourth-order valence-electron chi connectivity index (χ4n) is 5.71. The number of nitrogens with one attached hydrogen (secondary N) is 1. The third-order valence-corrected chi connectivity index (χ3v) is 8.13. The van der Waals surface area contributed by atoms with Gasteiger partial charge in [-0.2, -0.15) is 0 Å².